The third-order valence-electron chi connectivity index (χ3n) is 3.65. The number of hydrogen-bond acceptors (Lipinski definition) is 3. The maximum absolute atomic E-state index is 5.95. The molecule has 0 spiro atoms. The van der Waals surface area contributed by atoms with E-state index in [1.54, 1.807) is 7.11 Å². The van der Waals surface area contributed by atoms with Crippen LogP contribution < -0.4 is 5.73 Å². The minimum Gasteiger partial charge on any atom is -0.380 e. The summed E-state index contributed by atoms with van der Waals surface area (Å²) in [7, 11) is 3.91. The molecule has 100 valence electrons. The molecule has 3 heteroatoms. The van der Waals surface area contributed by atoms with Gasteiger partial charge in [0.2, 0.25) is 0 Å². The van der Waals surface area contributed by atoms with Crippen LogP contribution in [0.2, 0.25) is 0 Å². The van der Waals surface area contributed by atoms with Crippen LogP contribution >= 0.6 is 0 Å². The zero-order valence-electron chi connectivity index (χ0n) is 11.4. The highest BCUT2D eigenvalue weighted by Crippen LogP contribution is 2.32. The monoisotopic (exact) mass is 248 g/mol. The fraction of sp³-hybridized carbons (Fsp3) is 0.600. The topological polar surface area (TPSA) is 38.5 Å². The first-order chi connectivity index (χ1) is 8.74. The third kappa shape index (κ3) is 3.55. The Morgan fingerprint density at radius 1 is 1.44 bits per heavy atom. The third-order valence-corrected chi connectivity index (χ3v) is 3.65. The van der Waals surface area contributed by atoms with E-state index in [9.17, 15) is 0 Å². The predicted octanol–water partition coefficient (Wildman–Crippen LogP) is 2.17. The maximum Gasteiger partial charge on any atom is 0.0713 e. The molecule has 0 amide bonds. The fourth-order valence-electron chi connectivity index (χ4n) is 2.46. The maximum atomic E-state index is 5.95. The number of nitrogens with zero attached hydrogens (tertiary/aromatic N) is 1. The summed E-state index contributed by atoms with van der Waals surface area (Å²) in [6.45, 7) is 2.49. The van der Waals surface area contributed by atoms with E-state index in [0.717, 1.165) is 12.5 Å². The van der Waals surface area contributed by atoms with Crippen molar-refractivity contribution < 1.29 is 4.74 Å². The van der Waals surface area contributed by atoms with Gasteiger partial charge < -0.3 is 10.5 Å². The van der Waals surface area contributed by atoms with Gasteiger partial charge in [0, 0.05) is 26.2 Å². The van der Waals surface area contributed by atoms with Gasteiger partial charge in [0.1, 0.15) is 0 Å². The zero-order chi connectivity index (χ0) is 13.0. The van der Waals surface area contributed by atoms with Gasteiger partial charge in [-0.3, -0.25) is 4.90 Å². The highest BCUT2D eigenvalue weighted by molar-refractivity contribution is 5.26. The molecule has 1 aliphatic carbocycles. The van der Waals surface area contributed by atoms with Gasteiger partial charge in [-0.15, -0.1) is 0 Å². The second-order valence-electron chi connectivity index (χ2n) is 5.31. The van der Waals surface area contributed by atoms with Crippen LogP contribution in [0, 0.1) is 5.92 Å². The molecule has 0 aliphatic heterocycles. The summed E-state index contributed by atoms with van der Waals surface area (Å²) in [6, 6.07) is 8.89. The Morgan fingerprint density at radius 3 is 2.83 bits per heavy atom. The van der Waals surface area contributed by atoms with E-state index in [2.05, 4.69) is 36.2 Å². The summed E-state index contributed by atoms with van der Waals surface area (Å²) in [5.74, 6) is 0.895. The van der Waals surface area contributed by atoms with Crippen molar-refractivity contribution in [1.82, 2.24) is 4.90 Å². The van der Waals surface area contributed by atoms with Crippen molar-refractivity contribution in [3.63, 3.8) is 0 Å². The van der Waals surface area contributed by atoms with Crippen molar-refractivity contribution in [1.29, 1.82) is 0 Å². The molecule has 3 nitrogen and oxygen atoms in total. The van der Waals surface area contributed by atoms with Crippen LogP contribution in [0.25, 0.3) is 0 Å². The lowest BCUT2D eigenvalue weighted by Gasteiger charge is -2.27. The molecule has 0 saturated heterocycles. The largest absolute Gasteiger partial charge is 0.380 e. The molecular formula is C15H24N2O. The molecular weight excluding hydrogens is 224 g/mol. The smallest absolute Gasteiger partial charge is 0.0713 e. The molecule has 1 aromatic carbocycles. The summed E-state index contributed by atoms with van der Waals surface area (Å²) >= 11 is 0. The molecule has 0 heterocycles. The molecule has 1 aliphatic rings. The summed E-state index contributed by atoms with van der Waals surface area (Å²) in [5.41, 5.74) is 8.47. The van der Waals surface area contributed by atoms with E-state index >= 15 is 0 Å². The quantitative estimate of drug-likeness (QED) is 0.803. The lowest BCUT2D eigenvalue weighted by atomic mass is 10.0. The van der Waals surface area contributed by atoms with Crippen molar-refractivity contribution in [3.8, 4) is 0 Å². The van der Waals surface area contributed by atoms with Crippen LogP contribution in [0.15, 0.2) is 24.3 Å². The molecule has 1 aromatic rings. The minimum absolute atomic E-state index is 0.322. The minimum atomic E-state index is 0.322. The molecule has 18 heavy (non-hydrogen) atoms. The van der Waals surface area contributed by atoms with E-state index in [4.69, 9.17) is 10.5 Å². The highest BCUT2D eigenvalue weighted by atomic mass is 16.5. The Morgan fingerprint density at radius 2 is 2.22 bits per heavy atom. The first kappa shape index (κ1) is 13.5. The number of ether oxygens (including phenoxy) is 1. The van der Waals surface area contributed by atoms with Gasteiger partial charge in [-0.05, 0) is 36.9 Å². The fourth-order valence-corrected chi connectivity index (χ4v) is 2.46. The Bertz CT molecular complexity index is 377. The van der Waals surface area contributed by atoms with Crippen LogP contribution in [0.1, 0.15) is 30.0 Å². The number of rotatable bonds is 7. The first-order valence-corrected chi connectivity index (χ1v) is 6.72. The molecule has 1 atom stereocenters. The van der Waals surface area contributed by atoms with Crippen LogP contribution in [0.4, 0.5) is 0 Å². The van der Waals surface area contributed by atoms with E-state index in [-0.39, 0.29) is 0 Å². The lowest BCUT2D eigenvalue weighted by molar-refractivity contribution is 0.184. The normalized spacial score (nSPS) is 17.1. The average Bonchev–Trinajstić information content (AvgIpc) is 3.15. The first-order valence-electron chi connectivity index (χ1n) is 6.72. The van der Waals surface area contributed by atoms with Crippen LogP contribution in [-0.4, -0.2) is 32.1 Å². The zero-order valence-corrected chi connectivity index (χ0v) is 11.4. The van der Waals surface area contributed by atoms with Crippen LogP contribution in [0.3, 0.4) is 0 Å². The van der Waals surface area contributed by atoms with Crippen molar-refractivity contribution in [2.45, 2.75) is 25.5 Å². The molecule has 0 bridgehead atoms. The Kier molecular flexibility index (Phi) is 4.75. The van der Waals surface area contributed by atoms with Crippen LogP contribution in [0.5, 0.6) is 0 Å². The number of hydrogen-bond donors (Lipinski definition) is 1. The molecule has 2 N–H and O–H groups in total. The molecule has 0 aromatic heterocycles. The second-order valence-corrected chi connectivity index (χ2v) is 5.31. The summed E-state index contributed by atoms with van der Waals surface area (Å²) in [6.07, 6.45) is 2.76. The summed E-state index contributed by atoms with van der Waals surface area (Å²) in [4.78, 5) is 2.39. The standard InChI is InChI=1S/C15H24N2O/c1-17(10-12-6-7-12)15(9-16)14-5-3-4-13(8-14)11-18-2/h3-5,8,12,15H,6-7,9-11,16H2,1-2H3. The molecule has 1 unspecified atom stereocenters. The van der Waals surface area contributed by atoms with Gasteiger partial charge in [-0.2, -0.15) is 0 Å². The van der Waals surface area contributed by atoms with E-state index in [0.29, 0.717) is 19.2 Å². The van der Waals surface area contributed by atoms with Gasteiger partial charge >= 0.3 is 0 Å². The molecule has 1 saturated carbocycles. The van der Waals surface area contributed by atoms with Gasteiger partial charge in [-0.25, -0.2) is 0 Å². The van der Waals surface area contributed by atoms with Gasteiger partial charge in [0.05, 0.1) is 6.61 Å². The van der Waals surface area contributed by atoms with Gasteiger partial charge in [0.15, 0.2) is 0 Å². The van der Waals surface area contributed by atoms with Crippen LogP contribution in [-0.2, 0) is 11.3 Å². The van der Waals surface area contributed by atoms with Gasteiger partial charge in [0.25, 0.3) is 0 Å². The number of benzene rings is 1. The Balaban J connectivity index is 2.07. The molecule has 2 rings (SSSR count). The van der Waals surface area contributed by atoms with E-state index in [1.165, 1.54) is 24.0 Å². The highest BCUT2D eigenvalue weighted by Gasteiger charge is 2.26. The molecule has 1 fully saturated rings. The SMILES string of the molecule is COCc1cccc(C(CN)N(C)CC2CC2)c1. The van der Waals surface area contributed by atoms with Gasteiger partial charge in [-0.1, -0.05) is 24.3 Å². The predicted molar refractivity (Wildman–Crippen MR) is 74.3 cm³/mol. The Labute approximate surface area is 110 Å². The number of likely N-dealkylation sites (N-methyl/N-ethyl adjacent to an activating group) is 1. The van der Waals surface area contributed by atoms with Crippen molar-refractivity contribution >= 4 is 0 Å². The van der Waals surface area contributed by atoms with E-state index < -0.39 is 0 Å². The van der Waals surface area contributed by atoms with Crippen molar-refractivity contribution in [3.05, 3.63) is 35.4 Å². The second kappa shape index (κ2) is 6.32. The van der Waals surface area contributed by atoms with Crippen molar-refractivity contribution in [2.75, 3.05) is 27.2 Å². The van der Waals surface area contributed by atoms with Crippen molar-refractivity contribution in [2.24, 2.45) is 11.7 Å². The lowest BCUT2D eigenvalue weighted by Crippen LogP contribution is -2.32. The number of nitrogens with two attached hydrogens (primary N) is 1. The molecule has 0 radical (unpaired) electrons. The van der Waals surface area contributed by atoms with E-state index in [1.807, 2.05) is 0 Å². The number of methoxy groups -OCH3 is 1. The average molecular weight is 248 g/mol. The summed E-state index contributed by atoms with van der Waals surface area (Å²) in [5, 5.41) is 0. The Hall–Kier alpha value is -0.900. The summed E-state index contributed by atoms with van der Waals surface area (Å²) < 4.78 is 5.19.